The molecule has 5 nitrogen and oxygen atoms in total. The summed E-state index contributed by atoms with van der Waals surface area (Å²) in [6, 6.07) is 16.1. The molecular formula is C25H33N3O2. The van der Waals surface area contributed by atoms with Crippen LogP contribution in [0.25, 0.3) is 0 Å². The van der Waals surface area contributed by atoms with Gasteiger partial charge < -0.3 is 10.6 Å². The average Bonchev–Trinajstić information content (AvgIpc) is 2.74. The van der Waals surface area contributed by atoms with Gasteiger partial charge in [0.25, 0.3) is 0 Å². The van der Waals surface area contributed by atoms with E-state index >= 15 is 0 Å². The maximum absolute atomic E-state index is 12.5. The van der Waals surface area contributed by atoms with E-state index in [1.807, 2.05) is 31.2 Å². The number of hydrogen-bond donors (Lipinski definition) is 2. The lowest BCUT2D eigenvalue weighted by atomic mass is 10.0. The van der Waals surface area contributed by atoms with Crippen molar-refractivity contribution in [3.05, 3.63) is 70.8 Å². The van der Waals surface area contributed by atoms with Gasteiger partial charge in [-0.05, 0) is 49.5 Å². The average molecular weight is 408 g/mol. The maximum atomic E-state index is 12.5. The van der Waals surface area contributed by atoms with Crippen LogP contribution in [-0.4, -0.2) is 29.8 Å². The topological polar surface area (TPSA) is 61.4 Å². The highest BCUT2D eigenvalue weighted by atomic mass is 16.2. The minimum absolute atomic E-state index is 0.0771. The van der Waals surface area contributed by atoms with Crippen LogP contribution in [0.3, 0.4) is 0 Å². The van der Waals surface area contributed by atoms with Crippen molar-refractivity contribution in [3.8, 4) is 0 Å². The third-order valence-electron chi connectivity index (χ3n) is 5.61. The van der Waals surface area contributed by atoms with Crippen molar-refractivity contribution in [1.29, 1.82) is 0 Å². The molecular weight excluding hydrogens is 374 g/mol. The van der Waals surface area contributed by atoms with Crippen LogP contribution in [0.1, 0.15) is 60.9 Å². The van der Waals surface area contributed by atoms with E-state index in [4.69, 9.17) is 0 Å². The van der Waals surface area contributed by atoms with Gasteiger partial charge in [0.2, 0.25) is 11.8 Å². The van der Waals surface area contributed by atoms with Gasteiger partial charge in [0.1, 0.15) is 0 Å². The van der Waals surface area contributed by atoms with E-state index in [9.17, 15) is 9.59 Å². The molecule has 1 heterocycles. The summed E-state index contributed by atoms with van der Waals surface area (Å²) in [5, 5.41) is 5.87. The van der Waals surface area contributed by atoms with Crippen molar-refractivity contribution < 1.29 is 9.59 Å². The van der Waals surface area contributed by atoms with E-state index in [-0.39, 0.29) is 24.3 Å². The Morgan fingerprint density at radius 3 is 2.20 bits per heavy atom. The molecule has 1 aliphatic heterocycles. The van der Waals surface area contributed by atoms with Gasteiger partial charge in [-0.2, -0.15) is 0 Å². The van der Waals surface area contributed by atoms with E-state index in [2.05, 4.69) is 39.8 Å². The lowest BCUT2D eigenvalue weighted by Gasteiger charge is -2.26. The van der Waals surface area contributed by atoms with Crippen LogP contribution < -0.4 is 10.6 Å². The van der Waals surface area contributed by atoms with Crippen LogP contribution in [0.2, 0.25) is 0 Å². The predicted octanol–water partition coefficient (Wildman–Crippen LogP) is 3.86. The van der Waals surface area contributed by atoms with Crippen molar-refractivity contribution in [3.63, 3.8) is 0 Å². The van der Waals surface area contributed by atoms with Crippen LogP contribution in [0.15, 0.2) is 48.5 Å². The number of likely N-dealkylation sites (tertiary alicyclic amines) is 1. The molecule has 0 radical (unpaired) electrons. The molecule has 30 heavy (non-hydrogen) atoms. The van der Waals surface area contributed by atoms with Crippen LogP contribution >= 0.6 is 0 Å². The quantitative estimate of drug-likeness (QED) is 0.698. The Balaban J connectivity index is 1.50. The third kappa shape index (κ3) is 6.99. The number of benzene rings is 2. The number of carbonyl (C=O) groups excluding carboxylic acids is 2. The first kappa shape index (κ1) is 22.0. The molecule has 2 amide bonds. The zero-order valence-electron chi connectivity index (χ0n) is 18.1. The molecule has 0 bridgehead atoms. The number of nitrogens with one attached hydrogen (secondary N) is 2. The molecule has 1 aliphatic rings. The standard InChI is InChI=1S/C25H33N3O2/c1-19-6-12-23(13-7-19)24(27-20(2)29)16-25(30)26-17-21-8-10-22(11-9-21)18-28-14-4-3-5-15-28/h6-13,24H,3-5,14-18H2,1-2H3,(H,26,30)(H,27,29)/t24-/m0/s1. The molecule has 0 aromatic heterocycles. The highest BCUT2D eigenvalue weighted by Gasteiger charge is 2.17. The molecule has 0 unspecified atom stereocenters. The van der Waals surface area contributed by atoms with Gasteiger partial charge in [-0.15, -0.1) is 0 Å². The fourth-order valence-corrected chi connectivity index (χ4v) is 3.89. The second-order valence-electron chi connectivity index (χ2n) is 8.30. The molecule has 2 aromatic carbocycles. The summed E-state index contributed by atoms with van der Waals surface area (Å²) in [6.45, 7) is 7.36. The molecule has 0 saturated carbocycles. The minimum Gasteiger partial charge on any atom is -0.352 e. The summed E-state index contributed by atoms with van der Waals surface area (Å²) in [6.07, 6.45) is 4.16. The Kier molecular flexibility index (Phi) is 8.03. The van der Waals surface area contributed by atoms with Crippen LogP contribution in [-0.2, 0) is 22.7 Å². The molecule has 0 aliphatic carbocycles. The highest BCUT2D eigenvalue weighted by molar-refractivity contribution is 5.79. The number of amides is 2. The normalized spacial score (nSPS) is 15.4. The second-order valence-corrected chi connectivity index (χ2v) is 8.30. The highest BCUT2D eigenvalue weighted by Crippen LogP contribution is 2.18. The van der Waals surface area contributed by atoms with Crippen molar-refractivity contribution >= 4 is 11.8 Å². The molecule has 5 heteroatoms. The Hall–Kier alpha value is -2.66. The number of hydrogen-bond acceptors (Lipinski definition) is 3. The Morgan fingerprint density at radius 2 is 1.57 bits per heavy atom. The summed E-state index contributed by atoms with van der Waals surface area (Å²) in [4.78, 5) is 26.6. The fraction of sp³-hybridized carbons (Fsp3) is 0.440. The van der Waals surface area contributed by atoms with Crippen molar-refractivity contribution in [2.45, 2.75) is 58.7 Å². The van der Waals surface area contributed by atoms with Gasteiger partial charge in [0, 0.05) is 20.0 Å². The zero-order valence-corrected chi connectivity index (χ0v) is 18.1. The van der Waals surface area contributed by atoms with Gasteiger partial charge >= 0.3 is 0 Å². The molecule has 3 rings (SSSR count). The van der Waals surface area contributed by atoms with E-state index < -0.39 is 0 Å². The molecule has 160 valence electrons. The molecule has 1 fully saturated rings. The third-order valence-corrected chi connectivity index (χ3v) is 5.61. The van der Waals surface area contributed by atoms with Gasteiger partial charge in [-0.25, -0.2) is 0 Å². The maximum Gasteiger partial charge on any atom is 0.222 e. The monoisotopic (exact) mass is 407 g/mol. The first-order chi connectivity index (χ1) is 14.5. The van der Waals surface area contributed by atoms with Gasteiger partial charge in [-0.3, -0.25) is 14.5 Å². The first-order valence-electron chi connectivity index (χ1n) is 10.9. The number of aryl methyl sites for hydroxylation is 1. The Bertz CT molecular complexity index is 824. The summed E-state index contributed by atoms with van der Waals surface area (Å²) < 4.78 is 0. The summed E-state index contributed by atoms with van der Waals surface area (Å²) in [5.74, 6) is -0.218. The number of piperidine rings is 1. The molecule has 1 atom stereocenters. The SMILES string of the molecule is CC(=O)N[C@@H](CC(=O)NCc1ccc(CN2CCCCC2)cc1)c1ccc(C)cc1. The van der Waals surface area contributed by atoms with E-state index in [1.54, 1.807) is 0 Å². The lowest BCUT2D eigenvalue weighted by Crippen LogP contribution is -2.32. The van der Waals surface area contributed by atoms with Gasteiger partial charge in [0.15, 0.2) is 0 Å². The Morgan fingerprint density at radius 1 is 0.933 bits per heavy atom. The van der Waals surface area contributed by atoms with E-state index in [0.29, 0.717) is 6.54 Å². The van der Waals surface area contributed by atoms with Gasteiger partial charge in [-0.1, -0.05) is 60.5 Å². The summed E-state index contributed by atoms with van der Waals surface area (Å²) >= 11 is 0. The summed E-state index contributed by atoms with van der Waals surface area (Å²) in [7, 11) is 0. The van der Waals surface area contributed by atoms with Gasteiger partial charge in [0.05, 0.1) is 12.5 Å². The molecule has 2 N–H and O–H groups in total. The van der Waals surface area contributed by atoms with E-state index in [1.165, 1.54) is 44.8 Å². The number of carbonyl (C=O) groups is 2. The largest absolute Gasteiger partial charge is 0.352 e. The predicted molar refractivity (Wildman–Crippen MR) is 120 cm³/mol. The van der Waals surface area contributed by atoms with Crippen molar-refractivity contribution in [2.75, 3.05) is 13.1 Å². The Labute approximate surface area is 179 Å². The van der Waals surface area contributed by atoms with Crippen molar-refractivity contribution in [2.24, 2.45) is 0 Å². The number of rotatable bonds is 8. The van der Waals surface area contributed by atoms with Crippen LogP contribution in [0.5, 0.6) is 0 Å². The molecule has 1 saturated heterocycles. The van der Waals surface area contributed by atoms with E-state index in [0.717, 1.165) is 23.2 Å². The second kappa shape index (κ2) is 10.9. The van der Waals surface area contributed by atoms with Crippen LogP contribution in [0, 0.1) is 6.92 Å². The fourth-order valence-electron chi connectivity index (χ4n) is 3.89. The smallest absolute Gasteiger partial charge is 0.222 e. The minimum atomic E-state index is -0.324. The molecule has 0 spiro atoms. The zero-order chi connectivity index (χ0) is 21.3. The van der Waals surface area contributed by atoms with Crippen LogP contribution in [0.4, 0.5) is 0 Å². The van der Waals surface area contributed by atoms with Crippen molar-refractivity contribution in [1.82, 2.24) is 15.5 Å². The number of nitrogens with zero attached hydrogens (tertiary/aromatic N) is 1. The first-order valence-corrected chi connectivity index (χ1v) is 10.9. The summed E-state index contributed by atoms with van der Waals surface area (Å²) in [5.41, 5.74) is 4.48. The molecule has 2 aromatic rings. The lowest BCUT2D eigenvalue weighted by molar-refractivity contribution is -0.122.